The maximum Gasteiger partial charge on any atom is 0.344 e. The Morgan fingerprint density at radius 3 is 2.61 bits per heavy atom. The predicted molar refractivity (Wildman–Crippen MR) is 88.7 cm³/mol. The van der Waals surface area contributed by atoms with Crippen molar-refractivity contribution in [2.24, 2.45) is 0 Å². The molecule has 0 amide bonds. The van der Waals surface area contributed by atoms with Crippen LogP contribution in [0.5, 0.6) is 5.75 Å². The highest BCUT2D eigenvalue weighted by Crippen LogP contribution is 2.24. The van der Waals surface area contributed by atoms with Gasteiger partial charge in [-0.2, -0.15) is 0 Å². The van der Waals surface area contributed by atoms with Crippen LogP contribution in [0.4, 0.5) is 0 Å². The summed E-state index contributed by atoms with van der Waals surface area (Å²) in [6.07, 6.45) is 1.74. The van der Waals surface area contributed by atoms with Gasteiger partial charge < -0.3 is 9.15 Å². The van der Waals surface area contributed by atoms with E-state index in [9.17, 15) is 9.59 Å². The third-order valence-corrected chi connectivity index (χ3v) is 3.47. The van der Waals surface area contributed by atoms with Crippen LogP contribution in [0, 0.1) is 6.92 Å². The lowest BCUT2D eigenvalue weighted by Gasteiger charge is -2.09. The smallest absolute Gasteiger partial charge is 0.344 e. The molecule has 0 saturated heterocycles. The molecule has 0 bridgehead atoms. The molecule has 0 saturated carbocycles. The Kier molecular flexibility index (Phi) is 3.81. The van der Waals surface area contributed by atoms with E-state index in [1.807, 2.05) is 24.3 Å². The van der Waals surface area contributed by atoms with E-state index in [0.717, 1.165) is 22.4 Å². The van der Waals surface area contributed by atoms with Gasteiger partial charge in [-0.3, -0.25) is 0 Å². The minimum atomic E-state index is -0.556. The molecule has 0 N–H and O–H groups in total. The number of benzene rings is 2. The molecule has 4 heteroatoms. The Labute approximate surface area is 132 Å². The zero-order valence-electron chi connectivity index (χ0n) is 12.5. The summed E-state index contributed by atoms with van der Waals surface area (Å²) in [5.74, 6) is 0.0228. The number of esters is 1. The molecule has 1 aromatic heterocycles. The van der Waals surface area contributed by atoms with E-state index in [0.29, 0.717) is 11.3 Å². The summed E-state index contributed by atoms with van der Waals surface area (Å²) in [5, 5.41) is 1.69. The van der Waals surface area contributed by atoms with Crippen LogP contribution in [-0.4, -0.2) is 5.97 Å². The van der Waals surface area contributed by atoms with Gasteiger partial charge in [-0.15, -0.1) is 0 Å². The maximum atomic E-state index is 12.5. The van der Waals surface area contributed by atoms with Crippen LogP contribution in [0.15, 0.2) is 64.3 Å². The minimum Gasteiger partial charge on any atom is -0.428 e. The standard InChI is InChI=1S/C19H14O4/c1-3-13-6-4-8-16-15(13)7-5-9-17(16)19(21)23-14-10-12(2)22-18(20)11-14/h3-11H,1H2,2H3. The summed E-state index contributed by atoms with van der Waals surface area (Å²) in [6.45, 7) is 5.40. The van der Waals surface area contributed by atoms with Crippen LogP contribution < -0.4 is 10.4 Å². The fourth-order valence-electron chi connectivity index (χ4n) is 2.49. The number of aryl methyl sites for hydroxylation is 1. The van der Waals surface area contributed by atoms with Gasteiger partial charge >= 0.3 is 11.6 Å². The van der Waals surface area contributed by atoms with E-state index in [-0.39, 0.29) is 5.75 Å². The van der Waals surface area contributed by atoms with Crippen molar-refractivity contribution in [2.45, 2.75) is 6.92 Å². The van der Waals surface area contributed by atoms with Crippen molar-refractivity contribution in [3.63, 3.8) is 0 Å². The average molecular weight is 306 g/mol. The molecular weight excluding hydrogens is 292 g/mol. The van der Waals surface area contributed by atoms with Gasteiger partial charge in [0.05, 0.1) is 11.6 Å². The summed E-state index contributed by atoms with van der Waals surface area (Å²) in [5.41, 5.74) is 0.810. The first-order valence-corrected chi connectivity index (χ1v) is 7.06. The van der Waals surface area contributed by atoms with Crippen LogP contribution in [0.3, 0.4) is 0 Å². The fraction of sp³-hybridized carbons (Fsp3) is 0.0526. The highest BCUT2D eigenvalue weighted by molar-refractivity contribution is 6.07. The van der Waals surface area contributed by atoms with Gasteiger partial charge in [-0.05, 0) is 29.3 Å². The molecule has 0 aliphatic carbocycles. The normalized spacial score (nSPS) is 10.5. The summed E-state index contributed by atoms with van der Waals surface area (Å²) in [7, 11) is 0. The van der Waals surface area contributed by atoms with Crippen molar-refractivity contribution < 1.29 is 13.9 Å². The van der Waals surface area contributed by atoms with Crippen molar-refractivity contribution >= 4 is 22.8 Å². The van der Waals surface area contributed by atoms with Crippen molar-refractivity contribution in [3.8, 4) is 5.75 Å². The summed E-state index contributed by atoms with van der Waals surface area (Å²) in [4.78, 5) is 23.8. The topological polar surface area (TPSA) is 56.5 Å². The molecule has 0 unspecified atom stereocenters. The largest absolute Gasteiger partial charge is 0.428 e. The molecule has 114 valence electrons. The molecule has 0 fully saturated rings. The molecule has 1 heterocycles. The van der Waals surface area contributed by atoms with E-state index in [2.05, 4.69) is 6.58 Å². The van der Waals surface area contributed by atoms with E-state index in [4.69, 9.17) is 9.15 Å². The Hall–Kier alpha value is -3.14. The van der Waals surface area contributed by atoms with Gasteiger partial charge in [0.25, 0.3) is 0 Å². The first kappa shape index (κ1) is 14.8. The van der Waals surface area contributed by atoms with Gasteiger partial charge in [0, 0.05) is 6.07 Å². The Balaban J connectivity index is 2.04. The average Bonchev–Trinajstić information content (AvgIpc) is 2.52. The Morgan fingerprint density at radius 1 is 1.13 bits per heavy atom. The number of fused-ring (bicyclic) bond motifs is 1. The third-order valence-electron chi connectivity index (χ3n) is 3.47. The number of hydrogen-bond donors (Lipinski definition) is 0. The molecule has 23 heavy (non-hydrogen) atoms. The lowest BCUT2D eigenvalue weighted by Crippen LogP contribution is -2.11. The molecule has 2 aromatic carbocycles. The summed E-state index contributed by atoms with van der Waals surface area (Å²) in [6, 6.07) is 13.7. The van der Waals surface area contributed by atoms with Crippen LogP contribution >= 0.6 is 0 Å². The molecule has 0 aliphatic heterocycles. The van der Waals surface area contributed by atoms with Crippen LogP contribution in [0.25, 0.3) is 16.8 Å². The molecule has 0 radical (unpaired) electrons. The first-order valence-electron chi connectivity index (χ1n) is 7.06. The highest BCUT2D eigenvalue weighted by atomic mass is 16.5. The van der Waals surface area contributed by atoms with Crippen LogP contribution in [0.2, 0.25) is 0 Å². The zero-order chi connectivity index (χ0) is 16.4. The maximum absolute atomic E-state index is 12.5. The second-order valence-corrected chi connectivity index (χ2v) is 5.06. The summed E-state index contributed by atoms with van der Waals surface area (Å²) >= 11 is 0. The van der Waals surface area contributed by atoms with E-state index >= 15 is 0 Å². The monoisotopic (exact) mass is 306 g/mol. The second-order valence-electron chi connectivity index (χ2n) is 5.06. The van der Waals surface area contributed by atoms with Crippen molar-refractivity contribution in [1.82, 2.24) is 0 Å². The minimum absolute atomic E-state index is 0.167. The van der Waals surface area contributed by atoms with Gasteiger partial charge in [0.15, 0.2) is 0 Å². The summed E-state index contributed by atoms with van der Waals surface area (Å²) < 4.78 is 10.2. The van der Waals surface area contributed by atoms with Gasteiger partial charge in [0.1, 0.15) is 11.5 Å². The SMILES string of the molecule is C=Cc1cccc2c(C(=O)Oc3cc(C)oc(=O)c3)cccc12. The highest BCUT2D eigenvalue weighted by Gasteiger charge is 2.14. The second kappa shape index (κ2) is 5.93. The number of ether oxygens (including phenoxy) is 1. The number of hydrogen-bond acceptors (Lipinski definition) is 4. The van der Waals surface area contributed by atoms with Gasteiger partial charge in [-0.1, -0.05) is 43.0 Å². The van der Waals surface area contributed by atoms with Crippen molar-refractivity contribution in [3.05, 3.63) is 82.4 Å². The van der Waals surface area contributed by atoms with Crippen LogP contribution in [-0.2, 0) is 0 Å². The van der Waals surface area contributed by atoms with Crippen molar-refractivity contribution in [1.29, 1.82) is 0 Å². The van der Waals surface area contributed by atoms with E-state index < -0.39 is 11.6 Å². The lowest BCUT2D eigenvalue weighted by atomic mass is 10.00. The van der Waals surface area contributed by atoms with Crippen LogP contribution in [0.1, 0.15) is 21.7 Å². The fourth-order valence-corrected chi connectivity index (χ4v) is 2.49. The van der Waals surface area contributed by atoms with Crippen molar-refractivity contribution in [2.75, 3.05) is 0 Å². The quantitative estimate of drug-likeness (QED) is 0.687. The third kappa shape index (κ3) is 2.92. The van der Waals surface area contributed by atoms with E-state index in [1.165, 1.54) is 6.07 Å². The molecule has 0 atom stereocenters. The number of rotatable bonds is 3. The lowest BCUT2D eigenvalue weighted by molar-refractivity contribution is 0.0735. The molecule has 3 rings (SSSR count). The first-order chi connectivity index (χ1) is 11.1. The van der Waals surface area contributed by atoms with Gasteiger partial charge in [0.2, 0.25) is 0 Å². The number of carbonyl (C=O) groups is 1. The molecule has 3 aromatic rings. The number of carbonyl (C=O) groups excluding carboxylic acids is 1. The molecule has 0 aliphatic rings. The van der Waals surface area contributed by atoms with E-state index in [1.54, 1.807) is 25.1 Å². The Morgan fingerprint density at radius 2 is 1.87 bits per heavy atom. The molecular formula is C19H14O4. The predicted octanol–water partition coefficient (Wildman–Crippen LogP) is 3.96. The Bertz CT molecular complexity index is 967. The van der Waals surface area contributed by atoms with Gasteiger partial charge in [-0.25, -0.2) is 9.59 Å². The molecule has 0 spiro atoms. The molecule has 4 nitrogen and oxygen atoms in total. The zero-order valence-corrected chi connectivity index (χ0v) is 12.5.